The van der Waals surface area contributed by atoms with Gasteiger partial charge in [0.2, 0.25) is 0 Å². The molecule has 1 aliphatic carbocycles. The molecule has 7 nitrogen and oxygen atoms in total. The maximum absolute atomic E-state index is 13.4. The average Bonchev–Trinajstić information content (AvgIpc) is 3.58. The molecule has 34 heavy (non-hydrogen) atoms. The van der Waals surface area contributed by atoms with E-state index in [1.165, 1.54) is 0 Å². The lowest BCUT2D eigenvalue weighted by Gasteiger charge is -2.30. The van der Waals surface area contributed by atoms with Crippen LogP contribution in [0.3, 0.4) is 0 Å². The van der Waals surface area contributed by atoms with Crippen LogP contribution in [-0.4, -0.2) is 52.9 Å². The van der Waals surface area contributed by atoms with Crippen LogP contribution < -0.4 is 9.64 Å². The molecule has 2 aliphatic heterocycles. The number of para-hydroxylation sites is 1. The van der Waals surface area contributed by atoms with Gasteiger partial charge in [0.25, 0.3) is 11.7 Å². The van der Waals surface area contributed by atoms with Gasteiger partial charge >= 0.3 is 0 Å². The van der Waals surface area contributed by atoms with Crippen molar-refractivity contribution in [2.24, 2.45) is 0 Å². The number of rotatable bonds is 3. The molecular weight excluding hydrogens is 430 g/mol. The second-order valence-electron chi connectivity index (χ2n) is 9.39. The Labute approximate surface area is 197 Å². The Morgan fingerprint density at radius 3 is 2.74 bits per heavy atom. The number of carbonyl (C=O) groups excluding carboxylic acids is 2. The van der Waals surface area contributed by atoms with Crippen LogP contribution in [0.25, 0.3) is 16.7 Å². The number of amides is 1. The van der Waals surface area contributed by atoms with Crippen LogP contribution in [0.4, 0.5) is 5.69 Å². The van der Waals surface area contributed by atoms with Crippen molar-refractivity contribution < 1.29 is 19.4 Å². The molecule has 0 spiro atoms. The predicted molar refractivity (Wildman–Crippen MR) is 130 cm³/mol. The average molecular weight is 458 g/mol. The standard InChI is InChI=1S/C27H27N3O4/c1-29-12-13-34-22-11-10-16(14-21(22)29)25(31)23-24(19-15-28-20-9-5-4-8-18(19)20)30(27(33)26(23)32)17-6-2-3-7-17/h4-5,8-11,14-15,17,24,28,31H,2-3,6-7,12-13H2,1H3/b25-23+. The number of likely N-dealkylation sites (N-methyl/N-ethyl adjacent to an activating group) is 1. The number of likely N-dealkylation sites (tertiary alicyclic amines) is 1. The van der Waals surface area contributed by atoms with E-state index in [1.807, 2.05) is 49.6 Å². The van der Waals surface area contributed by atoms with Crippen molar-refractivity contribution in [1.29, 1.82) is 0 Å². The van der Waals surface area contributed by atoms with Crippen molar-refractivity contribution in [3.8, 4) is 5.75 Å². The number of H-pyrrole nitrogens is 1. The second-order valence-corrected chi connectivity index (χ2v) is 9.39. The zero-order valence-electron chi connectivity index (χ0n) is 19.1. The van der Waals surface area contributed by atoms with Gasteiger partial charge in [-0.25, -0.2) is 0 Å². The van der Waals surface area contributed by atoms with Gasteiger partial charge in [0, 0.05) is 41.3 Å². The van der Waals surface area contributed by atoms with Gasteiger partial charge in [-0.2, -0.15) is 0 Å². The quantitative estimate of drug-likeness (QED) is 0.347. The summed E-state index contributed by atoms with van der Waals surface area (Å²) in [6, 6.07) is 12.6. The van der Waals surface area contributed by atoms with Crippen LogP contribution in [0.1, 0.15) is 42.9 Å². The Hall–Kier alpha value is -3.74. The maximum Gasteiger partial charge on any atom is 0.295 e. The number of benzene rings is 2. The predicted octanol–water partition coefficient (Wildman–Crippen LogP) is 4.36. The number of nitrogens with zero attached hydrogens (tertiary/aromatic N) is 2. The SMILES string of the molecule is CN1CCOc2ccc(/C(O)=C3\C(=O)C(=O)N(C4CCCC4)C3c3c[nH]c4ccccc34)cc21. The van der Waals surface area contributed by atoms with E-state index < -0.39 is 17.7 Å². The van der Waals surface area contributed by atoms with Gasteiger partial charge in [-0.05, 0) is 37.1 Å². The summed E-state index contributed by atoms with van der Waals surface area (Å²) in [6.07, 6.45) is 5.67. The molecule has 1 amide bonds. The van der Waals surface area contributed by atoms with Gasteiger partial charge in [0.05, 0.1) is 23.8 Å². The van der Waals surface area contributed by atoms with E-state index in [0.717, 1.165) is 60.1 Å². The van der Waals surface area contributed by atoms with E-state index >= 15 is 0 Å². The van der Waals surface area contributed by atoms with E-state index in [0.29, 0.717) is 12.2 Å². The van der Waals surface area contributed by atoms with Gasteiger partial charge in [-0.1, -0.05) is 31.0 Å². The molecule has 1 aromatic heterocycles. The number of aliphatic hydroxyl groups is 1. The smallest absolute Gasteiger partial charge is 0.295 e. The van der Waals surface area contributed by atoms with Crippen LogP contribution in [0.15, 0.2) is 54.2 Å². The third kappa shape index (κ3) is 3.10. The summed E-state index contributed by atoms with van der Waals surface area (Å²) in [5.41, 5.74) is 3.28. The highest BCUT2D eigenvalue weighted by Gasteiger charge is 2.49. The minimum Gasteiger partial charge on any atom is -0.507 e. The molecule has 174 valence electrons. The Bertz CT molecular complexity index is 1330. The normalized spacial score (nSPS) is 22.4. The third-order valence-corrected chi connectivity index (χ3v) is 7.44. The fourth-order valence-electron chi connectivity index (χ4n) is 5.69. The van der Waals surface area contributed by atoms with E-state index in [1.54, 1.807) is 11.0 Å². The molecule has 1 atom stereocenters. The summed E-state index contributed by atoms with van der Waals surface area (Å²) >= 11 is 0. The first-order chi connectivity index (χ1) is 16.5. The minimum absolute atomic E-state index is 0.0107. The van der Waals surface area contributed by atoms with Crippen LogP contribution in [-0.2, 0) is 9.59 Å². The number of aliphatic hydroxyl groups excluding tert-OH is 1. The highest BCUT2D eigenvalue weighted by atomic mass is 16.5. The van der Waals surface area contributed by atoms with Crippen LogP contribution in [0.5, 0.6) is 5.75 Å². The number of nitrogens with one attached hydrogen (secondary N) is 1. The number of anilines is 1. The van der Waals surface area contributed by atoms with Gasteiger partial charge in [-0.15, -0.1) is 0 Å². The number of Topliss-reactive ketones (excluding diaryl/α,β-unsaturated/α-hetero) is 1. The number of fused-ring (bicyclic) bond motifs is 2. The summed E-state index contributed by atoms with van der Waals surface area (Å²) in [7, 11) is 1.97. The molecule has 1 saturated heterocycles. The fourth-order valence-corrected chi connectivity index (χ4v) is 5.69. The highest BCUT2D eigenvalue weighted by molar-refractivity contribution is 6.46. The topological polar surface area (TPSA) is 85.9 Å². The van der Waals surface area contributed by atoms with Crippen LogP contribution >= 0.6 is 0 Å². The molecule has 6 rings (SSSR count). The van der Waals surface area contributed by atoms with Crippen LogP contribution in [0.2, 0.25) is 0 Å². The van der Waals surface area contributed by atoms with E-state index in [9.17, 15) is 14.7 Å². The largest absolute Gasteiger partial charge is 0.507 e. The number of ketones is 1. The molecule has 7 heteroatoms. The molecule has 1 unspecified atom stereocenters. The highest BCUT2D eigenvalue weighted by Crippen LogP contribution is 2.46. The monoisotopic (exact) mass is 457 g/mol. The number of hydrogen-bond acceptors (Lipinski definition) is 5. The molecule has 2 aromatic carbocycles. The Morgan fingerprint density at radius 1 is 1.12 bits per heavy atom. The first-order valence-electron chi connectivity index (χ1n) is 11.9. The van der Waals surface area contributed by atoms with E-state index in [2.05, 4.69) is 9.88 Å². The zero-order valence-corrected chi connectivity index (χ0v) is 19.1. The molecule has 3 heterocycles. The minimum atomic E-state index is -0.635. The first-order valence-corrected chi connectivity index (χ1v) is 11.9. The molecule has 2 N–H and O–H groups in total. The molecule has 2 fully saturated rings. The molecule has 0 radical (unpaired) electrons. The van der Waals surface area contributed by atoms with Crippen molar-refractivity contribution >= 4 is 34.0 Å². The van der Waals surface area contributed by atoms with E-state index in [4.69, 9.17) is 4.74 Å². The number of hydrogen-bond donors (Lipinski definition) is 2. The van der Waals surface area contributed by atoms with Gasteiger partial charge in [0.15, 0.2) is 0 Å². The molecule has 1 saturated carbocycles. The first kappa shape index (κ1) is 20.8. The summed E-state index contributed by atoms with van der Waals surface area (Å²) < 4.78 is 5.73. The Morgan fingerprint density at radius 2 is 1.91 bits per heavy atom. The van der Waals surface area contributed by atoms with Gasteiger partial charge < -0.3 is 24.6 Å². The van der Waals surface area contributed by atoms with Crippen molar-refractivity contribution in [3.63, 3.8) is 0 Å². The number of ether oxygens (including phenoxy) is 1. The summed E-state index contributed by atoms with van der Waals surface area (Å²) in [4.78, 5) is 33.8. The maximum atomic E-state index is 13.4. The Balaban J connectivity index is 1.54. The lowest BCUT2D eigenvalue weighted by atomic mass is 9.94. The van der Waals surface area contributed by atoms with Crippen LogP contribution in [0, 0.1) is 0 Å². The molecule has 3 aliphatic rings. The van der Waals surface area contributed by atoms with Crippen molar-refractivity contribution in [3.05, 3.63) is 65.4 Å². The van der Waals surface area contributed by atoms with Gasteiger partial charge in [-0.3, -0.25) is 9.59 Å². The van der Waals surface area contributed by atoms with Gasteiger partial charge in [0.1, 0.15) is 18.1 Å². The molecular formula is C27H27N3O4. The molecule has 0 bridgehead atoms. The number of carbonyl (C=O) groups is 2. The third-order valence-electron chi connectivity index (χ3n) is 7.44. The second kappa shape index (κ2) is 7.94. The summed E-state index contributed by atoms with van der Waals surface area (Å²) in [5, 5.41) is 12.5. The van der Waals surface area contributed by atoms with Crippen molar-refractivity contribution in [2.75, 3.05) is 25.1 Å². The molecule has 3 aromatic rings. The lowest BCUT2D eigenvalue weighted by molar-refractivity contribution is -0.141. The summed E-state index contributed by atoms with van der Waals surface area (Å²) in [6.45, 7) is 1.33. The number of aromatic nitrogens is 1. The fraction of sp³-hybridized carbons (Fsp3) is 0.333. The van der Waals surface area contributed by atoms with Crippen molar-refractivity contribution in [1.82, 2.24) is 9.88 Å². The Kier molecular flexibility index (Phi) is 4.86. The lowest BCUT2D eigenvalue weighted by Crippen LogP contribution is -2.37. The van der Waals surface area contributed by atoms with Crippen molar-refractivity contribution in [2.45, 2.75) is 37.8 Å². The summed E-state index contributed by atoms with van der Waals surface area (Å²) in [5.74, 6) is -0.551. The van der Waals surface area contributed by atoms with E-state index in [-0.39, 0.29) is 17.4 Å². The number of aromatic amines is 1. The zero-order chi connectivity index (χ0) is 23.4.